The van der Waals surface area contributed by atoms with Gasteiger partial charge in [0.2, 0.25) is 17.3 Å². The molecule has 12 nitrogen and oxygen atoms in total. The molecule has 0 saturated carbocycles. The number of hydrogen-bond donors (Lipinski definition) is 4. The van der Waals surface area contributed by atoms with Gasteiger partial charge in [0, 0.05) is 11.1 Å². The second kappa shape index (κ2) is 9.15. The van der Waals surface area contributed by atoms with Crippen molar-refractivity contribution >= 4 is 23.2 Å². The molecular weight excluding hydrogens is 484 g/mol. The van der Waals surface area contributed by atoms with Crippen molar-refractivity contribution in [2.24, 2.45) is 5.73 Å². The highest BCUT2D eigenvalue weighted by Crippen LogP contribution is 2.47. The standard InChI is InChI=1S/C25H22N4O8/c1-9-14(10-6-8-13(35-2)23(36-3)21(10)31)15(26)19(29-17(9)25(33)34)12-7-5-11-18(28-12)22(32)24(37-4)16(27)20(11)30/h5-8,31H,26-27H2,1-4H3,(H,33,34). The van der Waals surface area contributed by atoms with Gasteiger partial charge in [0.25, 0.3) is 0 Å². The quantitative estimate of drug-likeness (QED) is 0.381. The van der Waals surface area contributed by atoms with Crippen LogP contribution >= 0.6 is 0 Å². The molecule has 0 radical (unpaired) electrons. The van der Waals surface area contributed by atoms with Crippen LogP contribution in [0.4, 0.5) is 5.69 Å². The molecule has 1 aliphatic carbocycles. The number of rotatable bonds is 6. The fourth-order valence-electron chi connectivity index (χ4n) is 4.19. The van der Waals surface area contributed by atoms with E-state index in [1.807, 2.05) is 0 Å². The minimum Gasteiger partial charge on any atom is -0.504 e. The lowest BCUT2D eigenvalue weighted by atomic mass is 9.93. The number of methoxy groups -OCH3 is 3. The molecule has 2 aromatic heterocycles. The predicted molar refractivity (Wildman–Crippen MR) is 131 cm³/mol. The van der Waals surface area contributed by atoms with E-state index in [4.69, 9.17) is 25.7 Å². The first-order chi connectivity index (χ1) is 17.6. The third kappa shape index (κ3) is 3.75. The smallest absolute Gasteiger partial charge is 0.354 e. The Labute approximate surface area is 210 Å². The summed E-state index contributed by atoms with van der Waals surface area (Å²) < 4.78 is 15.5. The summed E-state index contributed by atoms with van der Waals surface area (Å²) in [5, 5.41) is 20.8. The first kappa shape index (κ1) is 25.0. The van der Waals surface area contributed by atoms with E-state index in [1.54, 1.807) is 0 Å². The molecule has 6 N–H and O–H groups in total. The highest BCUT2D eigenvalue weighted by atomic mass is 16.5. The van der Waals surface area contributed by atoms with Crippen molar-refractivity contribution in [2.75, 3.05) is 27.1 Å². The van der Waals surface area contributed by atoms with Gasteiger partial charge in [-0.25, -0.2) is 14.8 Å². The maximum atomic E-state index is 12.9. The normalized spacial score (nSPS) is 12.9. The Morgan fingerprint density at radius 3 is 2.16 bits per heavy atom. The second-order valence-electron chi connectivity index (χ2n) is 7.92. The zero-order chi connectivity index (χ0) is 27.2. The molecule has 190 valence electrons. The molecule has 1 aromatic carbocycles. The Morgan fingerprint density at radius 1 is 0.892 bits per heavy atom. The number of carbonyl (C=O) groups is 3. The Balaban J connectivity index is 2.01. The maximum absolute atomic E-state index is 12.9. The molecule has 4 rings (SSSR count). The van der Waals surface area contributed by atoms with Crippen LogP contribution in [0.25, 0.3) is 22.5 Å². The zero-order valence-corrected chi connectivity index (χ0v) is 20.2. The minimum atomic E-state index is -1.36. The molecule has 0 saturated heterocycles. The van der Waals surface area contributed by atoms with Crippen molar-refractivity contribution in [3.8, 4) is 39.8 Å². The lowest BCUT2D eigenvalue weighted by molar-refractivity contribution is 0.0689. The Kier molecular flexibility index (Phi) is 6.18. The number of aromatic nitrogens is 2. The number of phenols is 1. The van der Waals surface area contributed by atoms with Gasteiger partial charge < -0.3 is 35.9 Å². The van der Waals surface area contributed by atoms with Gasteiger partial charge in [-0.15, -0.1) is 0 Å². The number of allylic oxidation sites excluding steroid dienone is 2. The van der Waals surface area contributed by atoms with E-state index in [1.165, 1.54) is 52.5 Å². The lowest BCUT2D eigenvalue weighted by Gasteiger charge is -2.20. The third-order valence-corrected chi connectivity index (χ3v) is 5.97. The van der Waals surface area contributed by atoms with Crippen molar-refractivity contribution in [3.63, 3.8) is 0 Å². The Bertz CT molecular complexity index is 1540. The average molecular weight is 506 g/mol. The van der Waals surface area contributed by atoms with E-state index in [9.17, 15) is 24.6 Å². The SMILES string of the molecule is COC1=C(N)C(=O)c2ccc(-c3nc(C(=O)O)c(C)c(-c4ccc(OC)c(OC)c4O)c3N)nc2C1=O. The van der Waals surface area contributed by atoms with E-state index < -0.39 is 17.5 Å². The van der Waals surface area contributed by atoms with Crippen molar-refractivity contribution in [3.05, 3.63) is 58.2 Å². The summed E-state index contributed by atoms with van der Waals surface area (Å²) in [5.41, 5.74) is 11.6. The highest BCUT2D eigenvalue weighted by molar-refractivity contribution is 6.25. The van der Waals surface area contributed by atoms with Crippen LogP contribution in [0.1, 0.15) is 36.9 Å². The van der Waals surface area contributed by atoms with E-state index in [0.29, 0.717) is 0 Å². The molecule has 0 unspecified atom stereocenters. The van der Waals surface area contributed by atoms with Gasteiger partial charge in [-0.3, -0.25) is 9.59 Å². The number of aromatic hydroxyl groups is 1. The Morgan fingerprint density at radius 2 is 1.57 bits per heavy atom. The van der Waals surface area contributed by atoms with Crippen molar-refractivity contribution in [2.45, 2.75) is 6.92 Å². The monoisotopic (exact) mass is 506 g/mol. The number of nitrogens with zero attached hydrogens (tertiary/aromatic N) is 2. The number of carbonyl (C=O) groups excluding carboxylic acids is 2. The lowest BCUT2D eigenvalue weighted by Crippen LogP contribution is -2.28. The number of pyridine rings is 2. The number of nitrogens with two attached hydrogens (primary N) is 2. The first-order valence-electron chi connectivity index (χ1n) is 10.7. The van der Waals surface area contributed by atoms with Gasteiger partial charge in [0.05, 0.1) is 38.3 Å². The number of phenolic OH excluding ortho intramolecular Hbond substituents is 1. The third-order valence-electron chi connectivity index (χ3n) is 5.97. The van der Waals surface area contributed by atoms with Crippen molar-refractivity contribution in [1.82, 2.24) is 9.97 Å². The molecule has 12 heteroatoms. The fraction of sp³-hybridized carbons (Fsp3) is 0.160. The van der Waals surface area contributed by atoms with Gasteiger partial charge in [-0.1, -0.05) is 0 Å². The van der Waals surface area contributed by atoms with Gasteiger partial charge in [-0.05, 0) is 36.8 Å². The largest absolute Gasteiger partial charge is 0.504 e. The topological polar surface area (TPSA) is 197 Å². The fourth-order valence-corrected chi connectivity index (χ4v) is 4.19. The van der Waals surface area contributed by atoms with Crippen LogP contribution in [0.2, 0.25) is 0 Å². The number of carboxylic acid groups (broad SMARTS) is 1. The number of Topliss-reactive ketones (excluding diaryl/α,β-unsaturated/α-hetero) is 2. The van der Waals surface area contributed by atoms with Crippen LogP contribution in [-0.4, -0.2) is 59.0 Å². The summed E-state index contributed by atoms with van der Waals surface area (Å²) in [7, 11) is 3.93. The van der Waals surface area contributed by atoms with Gasteiger partial charge in [0.15, 0.2) is 23.0 Å². The summed E-state index contributed by atoms with van der Waals surface area (Å²) >= 11 is 0. The van der Waals surface area contributed by atoms with Gasteiger partial charge in [0.1, 0.15) is 17.1 Å². The van der Waals surface area contributed by atoms with Gasteiger partial charge >= 0.3 is 5.97 Å². The second-order valence-corrected chi connectivity index (χ2v) is 7.92. The molecule has 0 bridgehead atoms. The molecule has 0 amide bonds. The number of nitrogen functional groups attached to an aromatic ring is 1. The number of hydrogen-bond acceptors (Lipinski definition) is 11. The molecule has 2 heterocycles. The molecule has 0 spiro atoms. The van der Waals surface area contributed by atoms with Crippen LogP contribution < -0.4 is 20.9 Å². The minimum absolute atomic E-state index is 0.0111. The van der Waals surface area contributed by atoms with Gasteiger partial charge in [-0.2, -0.15) is 0 Å². The van der Waals surface area contributed by atoms with E-state index in [2.05, 4.69) is 9.97 Å². The van der Waals surface area contributed by atoms with Crippen LogP contribution in [0.5, 0.6) is 17.2 Å². The number of aromatic carboxylic acids is 1. The van der Waals surface area contributed by atoms with Crippen molar-refractivity contribution in [1.29, 1.82) is 0 Å². The predicted octanol–water partition coefficient (Wildman–Crippen LogP) is 2.32. The van der Waals surface area contributed by atoms with Crippen LogP contribution in [0.15, 0.2) is 35.7 Å². The summed E-state index contributed by atoms with van der Waals surface area (Å²) in [4.78, 5) is 46.0. The maximum Gasteiger partial charge on any atom is 0.354 e. The summed E-state index contributed by atoms with van der Waals surface area (Å²) in [5.74, 6) is -3.16. The summed E-state index contributed by atoms with van der Waals surface area (Å²) in [6.45, 7) is 1.49. The average Bonchev–Trinajstić information content (AvgIpc) is 2.88. The van der Waals surface area contributed by atoms with Crippen LogP contribution in [-0.2, 0) is 4.74 Å². The Hall–Kier alpha value is -5.13. The highest BCUT2D eigenvalue weighted by Gasteiger charge is 2.34. The first-order valence-corrected chi connectivity index (χ1v) is 10.7. The molecular formula is C25H22N4O8. The van der Waals surface area contributed by atoms with Crippen molar-refractivity contribution < 1.29 is 38.8 Å². The summed E-state index contributed by atoms with van der Waals surface area (Å²) in [6.07, 6.45) is 0. The number of benzene rings is 1. The number of anilines is 1. The molecule has 0 atom stereocenters. The number of carboxylic acids is 1. The van der Waals surface area contributed by atoms with Crippen LogP contribution in [0.3, 0.4) is 0 Å². The number of ketones is 2. The molecule has 1 aliphatic rings. The summed E-state index contributed by atoms with van der Waals surface area (Å²) in [6, 6.07) is 5.71. The van der Waals surface area contributed by atoms with E-state index in [0.717, 1.165) is 0 Å². The zero-order valence-electron chi connectivity index (χ0n) is 20.2. The number of fused-ring (bicyclic) bond motifs is 1. The van der Waals surface area contributed by atoms with E-state index in [-0.39, 0.29) is 79.4 Å². The molecule has 37 heavy (non-hydrogen) atoms. The molecule has 0 fully saturated rings. The van der Waals surface area contributed by atoms with Crippen LogP contribution in [0, 0.1) is 6.92 Å². The van der Waals surface area contributed by atoms with E-state index >= 15 is 0 Å². The molecule has 0 aliphatic heterocycles. The molecule has 3 aromatic rings. The number of ether oxygens (including phenoxy) is 3.